The van der Waals surface area contributed by atoms with Gasteiger partial charge >= 0.3 is 6.03 Å². The van der Waals surface area contributed by atoms with Crippen molar-refractivity contribution in [3.8, 4) is 6.07 Å². The fraction of sp³-hybridized carbons (Fsp3) is 0.200. The van der Waals surface area contributed by atoms with Gasteiger partial charge in [0.1, 0.15) is 16.9 Å². The van der Waals surface area contributed by atoms with E-state index < -0.39 is 11.8 Å². The number of nitrogens with one attached hydrogen (secondary N) is 2. The Morgan fingerprint density at radius 2 is 2.18 bits per heavy atom. The summed E-state index contributed by atoms with van der Waals surface area (Å²) in [5.41, 5.74) is 1.98. The molecule has 7 heteroatoms. The summed E-state index contributed by atoms with van der Waals surface area (Å²) in [7, 11) is 0. The standard InChI is InChI=1S/C15H11ClFN3OS/c16-11-6-8(4-5-12(11)17)19-15(21)20-14-10(7-18)9-2-1-3-13(9)22-14/h4-6H,1-3H2,(H2,19,20,21). The molecule has 1 heterocycles. The number of urea groups is 1. The van der Waals surface area contributed by atoms with Gasteiger partial charge in [0, 0.05) is 10.6 Å². The first-order valence-electron chi connectivity index (χ1n) is 6.66. The normalized spacial score (nSPS) is 12.6. The van der Waals surface area contributed by atoms with E-state index in [1.807, 2.05) is 0 Å². The van der Waals surface area contributed by atoms with Crippen LogP contribution in [-0.4, -0.2) is 6.03 Å². The molecule has 0 atom stereocenters. The van der Waals surface area contributed by atoms with E-state index in [4.69, 9.17) is 11.6 Å². The molecular weight excluding hydrogens is 325 g/mol. The number of thiophene rings is 1. The maximum atomic E-state index is 13.1. The molecule has 1 aliphatic carbocycles. The lowest BCUT2D eigenvalue weighted by molar-refractivity contribution is 0.262. The lowest BCUT2D eigenvalue weighted by Gasteiger charge is -2.07. The number of hydrogen-bond donors (Lipinski definition) is 2. The van der Waals surface area contributed by atoms with Crippen molar-refractivity contribution in [3.63, 3.8) is 0 Å². The second-order valence-corrected chi connectivity index (χ2v) is 6.39. The molecule has 2 N–H and O–H groups in total. The maximum Gasteiger partial charge on any atom is 0.324 e. The number of carbonyl (C=O) groups excluding carboxylic acids is 1. The van der Waals surface area contributed by atoms with Gasteiger partial charge in [-0.05, 0) is 43.0 Å². The molecule has 0 unspecified atom stereocenters. The number of hydrogen-bond acceptors (Lipinski definition) is 3. The number of anilines is 2. The average molecular weight is 336 g/mol. The molecule has 0 aliphatic heterocycles. The highest BCUT2D eigenvalue weighted by atomic mass is 35.5. The number of nitriles is 1. The lowest BCUT2D eigenvalue weighted by atomic mass is 10.1. The Morgan fingerprint density at radius 1 is 1.36 bits per heavy atom. The molecule has 0 radical (unpaired) electrons. The topological polar surface area (TPSA) is 64.9 Å². The largest absolute Gasteiger partial charge is 0.324 e. The van der Waals surface area contributed by atoms with E-state index in [1.165, 1.54) is 29.5 Å². The van der Waals surface area contributed by atoms with Crippen LogP contribution in [0.25, 0.3) is 0 Å². The minimum absolute atomic E-state index is 0.0642. The third kappa shape index (κ3) is 2.78. The molecule has 4 nitrogen and oxygen atoms in total. The molecular formula is C15H11ClFN3OS. The minimum atomic E-state index is -0.547. The summed E-state index contributed by atoms with van der Waals surface area (Å²) in [5.74, 6) is -0.547. The van der Waals surface area contributed by atoms with Gasteiger partial charge in [0.25, 0.3) is 0 Å². The number of carbonyl (C=O) groups is 1. The zero-order valence-electron chi connectivity index (χ0n) is 11.4. The molecule has 22 heavy (non-hydrogen) atoms. The highest BCUT2D eigenvalue weighted by Crippen LogP contribution is 2.38. The molecule has 0 bridgehead atoms. The van der Waals surface area contributed by atoms with Crippen LogP contribution in [-0.2, 0) is 12.8 Å². The van der Waals surface area contributed by atoms with Crippen LogP contribution in [0.15, 0.2) is 18.2 Å². The van der Waals surface area contributed by atoms with Gasteiger partial charge in [-0.2, -0.15) is 5.26 Å². The molecule has 2 aromatic rings. The van der Waals surface area contributed by atoms with Gasteiger partial charge in [0.15, 0.2) is 0 Å². The summed E-state index contributed by atoms with van der Waals surface area (Å²) in [6, 6.07) is 5.60. The van der Waals surface area contributed by atoms with Gasteiger partial charge in [-0.15, -0.1) is 11.3 Å². The van der Waals surface area contributed by atoms with Crippen LogP contribution in [0, 0.1) is 17.1 Å². The van der Waals surface area contributed by atoms with Crippen molar-refractivity contribution < 1.29 is 9.18 Å². The average Bonchev–Trinajstić information content (AvgIpc) is 3.03. The van der Waals surface area contributed by atoms with Crippen LogP contribution in [0.5, 0.6) is 0 Å². The number of halogens is 2. The number of nitrogens with zero attached hydrogens (tertiary/aromatic N) is 1. The first-order chi connectivity index (χ1) is 10.6. The molecule has 0 spiro atoms. The van der Waals surface area contributed by atoms with Crippen LogP contribution in [0.1, 0.15) is 22.4 Å². The Balaban J connectivity index is 1.75. The van der Waals surface area contributed by atoms with Gasteiger partial charge < -0.3 is 5.32 Å². The summed E-state index contributed by atoms with van der Waals surface area (Å²) in [4.78, 5) is 13.2. The second kappa shape index (κ2) is 5.95. The fourth-order valence-electron chi connectivity index (χ4n) is 2.45. The van der Waals surface area contributed by atoms with Gasteiger partial charge in [-0.25, -0.2) is 9.18 Å². The number of fused-ring (bicyclic) bond motifs is 1. The van der Waals surface area contributed by atoms with E-state index in [-0.39, 0.29) is 5.02 Å². The van der Waals surface area contributed by atoms with Gasteiger partial charge in [-0.1, -0.05) is 11.6 Å². The first-order valence-corrected chi connectivity index (χ1v) is 7.85. The zero-order valence-corrected chi connectivity index (χ0v) is 12.9. The van der Waals surface area contributed by atoms with Gasteiger partial charge in [0.05, 0.1) is 10.6 Å². The maximum absolute atomic E-state index is 13.1. The predicted molar refractivity (Wildman–Crippen MR) is 85.1 cm³/mol. The quantitative estimate of drug-likeness (QED) is 0.845. The van der Waals surface area contributed by atoms with Crippen LogP contribution in [0.3, 0.4) is 0 Å². The number of amides is 2. The Labute approximate surface area is 135 Å². The molecule has 0 saturated carbocycles. The minimum Gasteiger partial charge on any atom is -0.308 e. The van der Waals surface area contributed by atoms with Gasteiger partial charge in [0.2, 0.25) is 0 Å². The number of rotatable bonds is 2. The van der Waals surface area contributed by atoms with Crippen LogP contribution in [0.2, 0.25) is 5.02 Å². The molecule has 2 amide bonds. The number of benzene rings is 1. The summed E-state index contributed by atoms with van der Waals surface area (Å²) >= 11 is 7.11. The van der Waals surface area contributed by atoms with Crippen molar-refractivity contribution in [3.05, 3.63) is 45.0 Å². The molecule has 3 rings (SSSR count). The SMILES string of the molecule is N#Cc1c(NC(=O)Nc2ccc(F)c(Cl)c2)sc2c1CCC2. The highest BCUT2D eigenvalue weighted by molar-refractivity contribution is 7.16. The van der Waals surface area contributed by atoms with E-state index in [1.54, 1.807) is 0 Å². The van der Waals surface area contributed by atoms with E-state index in [2.05, 4.69) is 16.7 Å². The Morgan fingerprint density at radius 3 is 2.91 bits per heavy atom. The van der Waals surface area contributed by atoms with Crippen molar-refractivity contribution in [2.75, 3.05) is 10.6 Å². The smallest absolute Gasteiger partial charge is 0.308 e. The fourth-order valence-corrected chi connectivity index (χ4v) is 3.87. The summed E-state index contributed by atoms with van der Waals surface area (Å²) < 4.78 is 13.1. The third-order valence-electron chi connectivity index (χ3n) is 3.44. The zero-order chi connectivity index (χ0) is 15.7. The van der Waals surface area contributed by atoms with Gasteiger partial charge in [-0.3, -0.25) is 5.32 Å². The molecule has 0 fully saturated rings. The van der Waals surface area contributed by atoms with Crippen molar-refractivity contribution in [2.24, 2.45) is 0 Å². The molecule has 112 valence electrons. The molecule has 0 saturated heterocycles. The monoisotopic (exact) mass is 335 g/mol. The van der Waals surface area contributed by atoms with E-state index in [0.717, 1.165) is 29.7 Å². The Kier molecular flexibility index (Phi) is 4.01. The van der Waals surface area contributed by atoms with Crippen molar-refractivity contribution >= 4 is 39.7 Å². The Bertz CT molecular complexity index is 797. The van der Waals surface area contributed by atoms with Crippen molar-refractivity contribution in [2.45, 2.75) is 19.3 Å². The lowest BCUT2D eigenvalue weighted by Crippen LogP contribution is -2.19. The summed E-state index contributed by atoms with van der Waals surface area (Å²) in [6.07, 6.45) is 2.88. The highest BCUT2D eigenvalue weighted by Gasteiger charge is 2.23. The summed E-state index contributed by atoms with van der Waals surface area (Å²) in [5, 5.41) is 15.0. The van der Waals surface area contributed by atoms with E-state index >= 15 is 0 Å². The Hall–Kier alpha value is -2.10. The molecule has 1 aromatic heterocycles. The van der Waals surface area contributed by atoms with Crippen molar-refractivity contribution in [1.29, 1.82) is 5.26 Å². The molecule has 1 aliphatic rings. The second-order valence-electron chi connectivity index (χ2n) is 4.88. The van der Waals surface area contributed by atoms with Crippen LogP contribution in [0.4, 0.5) is 19.9 Å². The number of aryl methyl sites for hydroxylation is 1. The van der Waals surface area contributed by atoms with Crippen LogP contribution >= 0.6 is 22.9 Å². The molecule has 1 aromatic carbocycles. The first kappa shape index (κ1) is 14.8. The predicted octanol–water partition coefficient (Wildman–Crippen LogP) is 4.54. The van der Waals surface area contributed by atoms with E-state index in [0.29, 0.717) is 16.3 Å². The van der Waals surface area contributed by atoms with Crippen LogP contribution < -0.4 is 10.6 Å². The summed E-state index contributed by atoms with van der Waals surface area (Å²) in [6.45, 7) is 0. The van der Waals surface area contributed by atoms with E-state index in [9.17, 15) is 14.4 Å². The third-order valence-corrected chi connectivity index (χ3v) is 4.93. The van der Waals surface area contributed by atoms with Crippen molar-refractivity contribution in [1.82, 2.24) is 0 Å².